The standard InChI is InChI=1S/C14H28N2O/c1-4-7-13-8-10-16(11-9-13)14(17)12-15(5-2)6-3/h13H,4-12H2,1-3H3. The number of likely N-dealkylation sites (tertiary alicyclic amines) is 1. The summed E-state index contributed by atoms with van der Waals surface area (Å²) in [5, 5.41) is 0. The van der Waals surface area contributed by atoms with Crippen LogP contribution in [-0.4, -0.2) is 48.4 Å². The lowest BCUT2D eigenvalue weighted by molar-refractivity contribution is -0.133. The van der Waals surface area contributed by atoms with Crippen molar-refractivity contribution in [3.63, 3.8) is 0 Å². The van der Waals surface area contributed by atoms with Crippen LogP contribution >= 0.6 is 0 Å². The Morgan fingerprint density at radius 2 is 1.76 bits per heavy atom. The summed E-state index contributed by atoms with van der Waals surface area (Å²) in [6, 6.07) is 0. The molecule has 0 saturated carbocycles. The number of piperidine rings is 1. The topological polar surface area (TPSA) is 23.6 Å². The number of carbonyl (C=O) groups excluding carboxylic acids is 1. The van der Waals surface area contributed by atoms with Crippen molar-refractivity contribution in [3.8, 4) is 0 Å². The molecule has 0 bridgehead atoms. The minimum atomic E-state index is 0.323. The summed E-state index contributed by atoms with van der Waals surface area (Å²) in [6.07, 6.45) is 5.02. The molecule has 1 fully saturated rings. The van der Waals surface area contributed by atoms with Gasteiger partial charge in [0.2, 0.25) is 5.91 Å². The smallest absolute Gasteiger partial charge is 0.236 e. The third kappa shape index (κ3) is 4.66. The summed E-state index contributed by atoms with van der Waals surface area (Å²) >= 11 is 0. The van der Waals surface area contributed by atoms with Gasteiger partial charge in [0.25, 0.3) is 0 Å². The lowest BCUT2D eigenvalue weighted by Crippen LogP contribution is -2.44. The Morgan fingerprint density at radius 1 is 1.18 bits per heavy atom. The van der Waals surface area contributed by atoms with E-state index >= 15 is 0 Å². The van der Waals surface area contributed by atoms with Gasteiger partial charge in [0.05, 0.1) is 6.54 Å². The highest BCUT2D eigenvalue weighted by molar-refractivity contribution is 5.78. The molecule has 17 heavy (non-hydrogen) atoms. The van der Waals surface area contributed by atoms with Crippen molar-refractivity contribution in [2.75, 3.05) is 32.7 Å². The van der Waals surface area contributed by atoms with Crippen molar-refractivity contribution in [3.05, 3.63) is 0 Å². The van der Waals surface area contributed by atoms with Gasteiger partial charge >= 0.3 is 0 Å². The molecule has 1 aliphatic heterocycles. The van der Waals surface area contributed by atoms with Gasteiger partial charge in [-0.25, -0.2) is 0 Å². The van der Waals surface area contributed by atoms with E-state index in [1.165, 1.54) is 25.7 Å². The van der Waals surface area contributed by atoms with Gasteiger partial charge in [-0.2, -0.15) is 0 Å². The van der Waals surface area contributed by atoms with E-state index in [0.29, 0.717) is 12.5 Å². The molecule has 3 nitrogen and oxygen atoms in total. The van der Waals surface area contributed by atoms with Crippen molar-refractivity contribution in [2.24, 2.45) is 5.92 Å². The number of rotatable bonds is 6. The first kappa shape index (κ1) is 14.5. The SMILES string of the molecule is CCCC1CCN(C(=O)CN(CC)CC)CC1. The highest BCUT2D eigenvalue weighted by atomic mass is 16.2. The highest BCUT2D eigenvalue weighted by Crippen LogP contribution is 2.21. The van der Waals surface area contributed by atoms with Gasteiger partial charge in [0.15, 0.2) is 0 Å². The normalized spacial score (nSPS) is 17.8. The van der Waals surface area contributed by atoms with E-state index in [4.69, 9.17) is 0 Å². The van der Waals surface area contributed by atoms with Crippen molar-refractivity contribution in [1.82, 2.24) is 9.80 Å². The maximum atomic E-state index is 12.1. The molecule has 0 aromatic carbocycles. The number of hydrogen-bond donors (Lipinski definition) is 0. The molecule has 3 heteroatoms. The Morgan fingerprint density at radius 3 is 2.24 bits per heavy atom. The van der Waals surface area contributed by atoms with Gasteiger partial charge in [0.1, 0.15) is 0 Å². The molecule has 1 aliphatic rings. The molecule has 0 unspecified atom stereocenters. The summed E-state index contributed by atoms with van der Waals surface area (Å²) in [5.74, 6) is 1.18. The van der Waals surface area contributed by atoms with E-state index in [9.17, 15) is 4.79 Å². The van der Waals surface area contributed by atoms with E-state index in [0.717, 1.165) is 32.1 Å². The molecule has 1 saturated heterocycles. The minimum Gasteiger partial charge on any atom is -0.342 e. The van der Waals surface area contributed by atoms with Crippen LogP contribution < -0.4 is 0 Å². The van der Waals surface area contributed by atoms with Crippen molar-refractivity contribution in [2.45, 2.75) is 46.5 Å². The second-order valence-electron chi connectivity index (χ2n) is 5.07. The zero-order chi connectivity index (χ0) is 12.7. The molecule has 0 N–H and O–H groups in total. The first-order valence-corrected chi connectivity index (χ1v) is 7.21. The maximum absolute atomic E-state index is 12.1. The van der Waals surface area contributed by atoms with Crippen LogP contribution in [0.2, 0.25) is 0 Å². The molecular weight excluding hydrogens is 212 g/mol. The van der Waals surface area contributed by atoms with E-state index in [-0.39, 0.29) is 0 Å². The van der Waals surface area contributed by atoms with Gasteiger partial charge in [-0.15, -0.1) is 0 Å². The van der Waals surface area contributed by atoms with Crippen molar-refractivity contribution in [1.29, 1.82) is 0 Å². The fourth-order valence-corrected chi connectivity index (χ4v) is 2.62. The Hall–Kier alpha value is -0.570. The minimum absolute atomic E-state index is 0.323. The summed E-state index contributed by atoms with van der Waals surface area (Å²) < 4.78 is 0. The van der Waals surface area contributed by atoms with E-state index in [1.807, 2.05) is 0 Å². The van der Waals surface area contributed by atoms with Gasteiger partial charge in [-0.1, -0.05) is 33.6 Å². The first-order valence-electron chi connectivity index (χ1n) is 7.21. The molecule has 0 aromatic heterocycles. The van der Waals surface area contributed by atoms with Gasteiger partial charge in [-0.3, -0.25) is 9.69 Å². The molecule has 0 atom stereocenters. The number of nitrogens with zero attached hydrogens (tertiary/aromatic N) is 2. The van der Waals surface area contributed by atoms with Crippen LogP contribution in [-0.2, 0) is 4.79 Å². The third-order valence-corrected chi connectivity index (χ3v) is 3.92. The average Bonchev–Trinajstić information content (AvgIpc) is 2.37. The van der Waals surface area contributed by atoms with Gasteiger partial charge in [-0.05, 0) is 31.8 Å². The van der Waals surface area contributed by atoms with E-state index in [2.05, 4.69) is 30.6 Å². The van der Waals surface area contributed by atoms with E-state index < -0.39 is 0 Å². The summed E-state index contributed by atoms with van der Waals surface area (Å²) in [4.78, 5) is 16.3. The summed E-state index contributed by atoms with van der Waals surface area (Å²) in [6.45, 7) is 11.0. The monoisotopic (exact) mass is 240 g/mol. The van der Waals surface area contributed by atoms with Crippen molar-refractivity contribution < 1.29 is 4.79 Å². The summed E-state index contributed by atoms with van der Waals surface area (Å²) in [5.41, 5.74) is 0. The fraction of sp³-hybridized carbons (Fsp3) is 0.929. The van der Waals surface area contributed by atoms with Crippen LogP contribution in [0.1, 0.15) is 46.5 Å². The lowest BCUT2D eigenvalue weighted by Gasteiger charge is -2.33. The predicted molar refractivity (Wildman–Crippen MR) is 72.0 cm³/mol. The molecule has 100 valence electrons. The maximum Gasteiger partial charge on any atom is 0.236 e. The third-order valence-electron chi connectivity index (χ3n) is 3.92. The van der Waals surface area contributed by atoms with Crippen LogP contribution in [0.15, 0.2) is 0 Å². The second kappa shape index (κ2) is 7.70. The molecule has 0 aliphatic carbocycles. The molecule has 1 amide bonds. The Kier molecular flexibility index (Phi) is 6.56. The number of amides is 1. The zero-order valence-corrected chi connectivity index (χ0v) is 11.7. The van der Waals surface area contributed by atoms with Gasteiger partial charge < -0.3 is 4.90 Å². The Bertz CT molecular complexity index is 218. The predicted octanol–water partition coefficient (Wildman–Crippen LogP) is 2.37. The van der Waals surface area contributed by atoms with Crippen LogP contribution in [0.3, 0.4) is 0 Å². The van der Waals surface area contributed by atoms with Crippen LogP contribution in [0, 0.1) is 5.92 Å². The average molecular weight is 240 g/mol. The fourth-order valence-electron chi connectivity index (χ4n) is 2.62. The number of likely N-dealkylation sites (N-methyl/N-ethyl adjacent to an activating group) is 1. The molecule has 0 radical (unpaired) electrons. The summed E-state index contributed by atoms with van der Waals surface area (Å²) in [7, 11) is 0. The molecule has 1 rings (SSSR count). The molecule has 0 aromatic rings. The first-order chi connectivity index (χ1) is 8.21. The quantitative estimate of drug-likeness (QED) is 0.711. The lowest BCUT2D eigenvalue weighted by atomic mass is 9.92. The van der Waals surface area contributed by atoms with Crippen molar-refractivity contribution >= 4 is 5.91 Å². The molecule has 1 heterocycles. The largest absolute Gasteiger partial charge is 0.342 e. The van der Waals surface area contributed by atoms with Gasteiger partial charge in [0, 0.05) is 13.1 Å². The Balaban J connectivity index is 2.30. The highest BCUT2D eigenvalue weighted by Gasteiger charge is 2.22. The van der Waals surface area contributed by atoms with Crippen LogP contribution in [0.25, 0.3) is 0 Å². The van der Waals surface area contributed by atoms with Crippen LogP contribution in [0.5, 0.6) is 0 Å². The molecule has 0 spiro atoms. The van der Waals surface area contributed by atoms with Crippen LogP contribution in [0.4, 0.5) is 0 Å². The molecular formula is C14H28N2O. The number of hydrogen-bond acceptors (Lipinski definition) is 2. The second-order valence-corrected chi connectivity index (χ2v) is 5.07. The number of carbonyl (C=O) groups is 1. The van der Waals surface area contributed by atoms with E-state index in [1.54, 1.807) is 0 Å². The zero-order valence-electron chi connectivity index (χ0n) is 11.7. The Labute approximate surface area is 106 Å².